The van der Waals surface area contributed by atoms with E-state index < -0.39 is 0 Å². The molecule has 0 aromatic heterocycles. The van der Waals surface area contributed by atoms with E-state index in [1.54, 1.807) is 6.08 Å². The van der Waals surface area contributed by atoms with Crippen LogP contribution in [0.5, 0.6) is 5.75 Å². The first-order valence-electron chi connectivity index (χ1n) is 9.51. The van der Waals surface area contributed by atoms with Crippen molar-refractivity contribution in [3.8, 4) is 5.75 Å². The largest absolute Gasteiger partial charge is 0.493 e. The summed E-state index contributed by atoms with van der Waals surface area (Å²) in [5.41, 5.74) is 4.18. The molecule has 0 bridgehead atoms. The first-order valence-corrected chi connectivity index (χ1v) is 9.51. The topological polar surface area (TPSA) is 38.3 Å². The molecule has 0 aliphatic heterocycles. The molecule has 2 rings (SSSR count). The van der Waals surface area contributed by atoms with Gasteiger partial charge in [0.1, 0.15) is 5.75 Å². The fourth-order valence-corrected chi connectivity index (χ4v) is 2.81. The molecule has 0 aliphatic rings. The molecule has 26 heavy (non-hydrogen) atoms. The molecule has 3 nitrogen and oxygen atoms in total. The Balaban J connectivity index is 2.11. The average Bonchev–Trinajstić information content (AvgIpc) is 2.67. The molecule has 1 N–H and O–H groups in total. The van der Waals surface area contributed by atoms with Crippen molar-refractivity contribution >= 4 is 17.7 Å². The molecule has 1 amide bonds. The van der Waals surface area contributed by atoms with E-state index in [-0.39, 0.29) is 5.91 Å². The van der Waals surface area contributed by atoms with Crippen LogP contribution >= 0.6 is 0 Å². The Kier molecular flexibility index (Phi) is 7.94. The minimum Gasteiger partial charge on any atom is -0.493 e. The minimum absolute atomic E-state index is 0.121. The van der Waals surface area contributed by atoms with Crippen LogP contribution in [-0.2, 0) is 17.6 Å². The van der Waals surface area contributed by atoms with Gasteiger partial charge >= 0.3 is 0 Å². The third-order valence-electron chi connectivity index (χ3n) is 4.34. The Morgan fingerprint density at radius 2 is 1.69 bits per heavy atom. The van der Waals surface area contributed by atoms with Crippen LogP contribution in [-0.4, -0.2) is 12.5 Å². The van der Waals surface area contributed by atoms with E-state index in [4.69, 9.17) is 4.74 Å². The van der Waals surface area contributed by atoms with Gasteiger partial charge in [-0.15, -0.1) is 0 Å². The summed E-state index contributed by atoms with van der Waals surface area (Å²) in [6, 6.07) is 14.0. The number of benzene rings is 2. The highest BCUT2D eigenvalue weighted by molar-refractivity contribution is 6.03. The quantitative estimate of drug-likeness (QED) is 0.469. The maximum Gasteiger partial charge on any atom is 0.248 e. The van der Waals surface area contributed by atoms with Gasteiger partial charge in [-0.05, 0) is 42.5 Å². The average molecular weight is 351 g/mol. The molecule has 0 unspecified atom stereocenters. The van der Waals surface area contributed by atoms with Crippen molar-refractivity contribution in [2.75, 3.05) is 11.9 Å². The Bertz CT molecular complexity index is 727. The molecule has 0 fully saturated rings. The van der Waals surface area contributed by atoms with Crippen LogP contribution in [0, 0.1) is 0 Å². The summed E-state index contributed by atoms with van der Waals surface area (Å²) >= 11 is 0. The number of anilines is 1. The molecule has 138 valence electrons. The van der Waals surface area contributed by atoms with Gasteiger partial charge in [-0.1, -0.05) is 63.6 Å². The minimum atomic E-state index is -0.121. The van der Waals surface area contributed by atoms with Crippen molar-refractivity contribution in [1.29, 1.82) is 0 Å². The summed E-state index contributed by atoms with van der Waals surface area (Å²) in [7, 11) is 0. The number of hydrogen-bond donors (Lipinski definition) is 1. The predicted octanol–water partition coefficient (Wildman–Crippen LogP) is 5.64. The molecular formula is C23H29NO2. The smallest absolute Gasteiger partial charge is 0.248 e. The van der Waals surface area contributed by atoms with E-state index in [9.17, 15) is 4.79 Å². The van der Waals surface area contributed by atoms with Gasteiger partial charge < -0.3 is 10.1 Å². The second-order valence-corrected chi connectivity index (χ2v) is 6.22. The van der Waals surface area contributed by atoms with Crippen molar-refractivity contribution < 1.29 is 9.53 Å². The zero-order chi connectivity index (χ0) is 18.8. The monoisotopic (exact) mass is 351 g/mol. The highest BCUT2D eigenvalue weighted by atomic mass is 16.5. The van der Waals surface area contributed by atoms with Gasteiger partial charge in [0.2, 0.25) is 5.91 Å². The summed E-state index contributed by atoms with van der Waals surface area (Å²) in [6.07, 6.45) is 7.29. The first-order chi connectivity index (χ1) is 12.7. The van der Waals surface area contributed by atoms with Gasteiger partial charge in [-0.25, -0.2) is 0 Å². The number of aryl methyl sites for hydroxylation is 2. The summed E-state index contributed by atoms with van der Waals surface area (Å²) in [4.78, 5) is 12.5. The first kappa shape index (κ1) is 19.8. The van der Waals surface area contributed by atoms with Crippen molar-refractivity contribution in [2.45, 2.75) is 46.5 Å². The second kappa shape index (κ2) is 10.4. The molecule has 0 aliphatic carbocycles. The van der Waals surface area contributed by atoms with Gasteiger partial charge in [0, 0.05) is 17.3 Å². The molecule has 0 radical (unpaired) electrons. The fourth-order valence-electron chi connectivity index (χ4n) is 2.81. The van der Waals surface area contributed by atoms with Crippen molar-refractivity contribution in [3.05, 3.63) is 65.2 Å². The van der Waals surface area contributed by atoms with Crippen LogP contribution < -0.4 is 10.1 Å². The standard InChI is InChI=1S/C23H29NO2/c1-4-7-17-26-21-14-9-8-11-20(21)15-16-22(25)24-23-18(5-2)12-10-13-19(23)6-3/h8-16H,4-7,17H2,1-3H3,(H,24,25)/b16-15+. The lowest BCUT2D eigenvalue weighted by atomic mass is 10.0. The van der Waals surface area contributed by atoms with Gasteiger partial charge in [0.05, 0.1) is 6.61 Å². The van der Waals surface area contributed by atoms with Crippen molar-refractivity contribution in [1.82, 2.24) is 0 Å². The van der Waals surface area contributed by atoms with E-state index >= 15 is 0 Å². The highest BCUT2D eigenvalue weighted by Crippen LogP contribution is 2.23. The third-order valence-corrected chi connectivity index (χ3v) is 4.34. The van der Waals surface area contributed by atoms with E-state index in [1.165, 1.54) is 0 Å². The SMILES string of the molecule is CCCCOc1ccccc1/C=C/C(=O)Nc1c(CC)cccc1CC. The Hall–Kier alpha value is -2.55. The Labute approximate surface area is 157 Å². The Morgan fingerprint density at radius 3 is 2.35 bits per heavy atom. The van der Waals surface area contributed by atoms with Crippen molar-refractivity contribution in [2.24, 2.45) is 0 Å². The van der Waals surface area contributed by atoms with Crippen molar-refractivity contribution in [3.63, 3.8) is 0 Å². The zero-order valence-corrected chi connectivity index (χ0v) is 16.0. The summed E-state index contributed by atoms with van der Waals surface area (Å²) < 4.78 is 5.82. The molecule has 3 heteroatoms. The summed E-state index contributed by atoms with van der Waals surface area (Å²) in [5.74, 6) is 0.692. The second-order valence-electron chi connectivity index (χ2n) is 6.22. The highest BCUT2D eigenvalue weighted by Gasteiger charge is 2.08. The number of amides is 1. The summed E-state index contributed by atoms with van der Waals surface area (Å²) in [6.45, 7) is 7.03. The lowest BCUT2D eigenvalue weighted by molar-refractivity contribution is -0.111. The maximum absolute atomic E-state index is 12.5. The van der Waals surface area contributed by atoms with E-state index in [1.807, 2.05) is 36.4 Å². The normalized spacial score (nSPS) is 10.9. The molecule has 0 spiro atoms. The predicted molar refractivity (Wildman–Crippen MR) is 110 cm³/mol. The van der Waals surface area contributed by atoms with Crippen LogP contribution in [0.25, 0.3) is 6.08 Å². The van der Waals surface area contributed by atoms with Gasteiger partial charge in [-0.3, -0.25) is 4.79 Å². The van der Waals surface area contributed by atoms with E-state index in [0.717, 1.165) is 53.8 Å². The van der Waals surface area contributed by atoms with Gasteiger partial charge in [-0.2, -0.15) is 0 Å². The van der Waals surface area contributed by atoms with E-state index in [0.29, 0.717) is 6.61 Å². The number of hydrogen-bond acceptors (Lipinski definition) is 2. The molecule has 0 heterocycles. The van der Waals surface area contributed by atoms with Crippen LogP contribution in [0.2, 0.25) is 0 Å². The van der Waals surface area contributed by atoms with Gasteiger partial charge in [0.25, 0.3) is 0 Å². The molecule has 0 atom stereocenters. The fraction of sp³-hybridized carbons (Fsp3) is 0.348. The molecule has 0 saturated heterocycles. The molecule has 0 saturated carbocycles. The number of para-hydroxylation sites is 2. The lowest BCUT2D eigenvalue weighted by Crippen LogP contribution is -2.11. The number of rotatable bonds is 9. The third kappa shape index (κ3) is 5.48. The zero-order valence-electron chi connectivity index (χ0n) is 16.0. The van der Waals surface area contributed by atoms with Crippen LogP contribution in [0.3, 0.4) is 0 Å². The Morgan fingerprint density at radius 1 is 1.00 bits per heavy atom. The number of carbonyl (C=O) groups is 1. The number of ether oxygens (including phenoxy) is 1. The molecular weight excluding hydrogens is 322 g/mol. The molecule has 2 aromatic carbocycles. The maximum atomic E-state index is 12.5. The number of nitrogens with one attached hydrogen (secondary N) is 1. The van der Waals surface area contributed by atoms with Crippen LogP contribution in [0.15, 0.2) is 48.5 Å². The van der Waals surface area contributed by atoms with E-state index in [2.05, 4.69) is 38.2 Å². The number of carbonyl (C=O) groups excluding carboxylic acids is 1. The van der Waals surface area contributed by atoms with Crippen LogP contribution in [0.1, 0.15) is 50.3 Å². The van der Waals surface area contributed by atoms with Crippen LogP contribution in [0.4, 0.5) is 5.69 Å². The summed E-state index contributed by atoms with van der Waals surface area (Å²) in [5, 5.41) is 3.06. The lowest BCUT2D eigenvalue weighted by Gasteiger charge is -2.13. The molecule has 2 aromatic rings. The van der Waals surface area contributed by atoms with Gasteiger partial charge in [0.15, 0.2) is 0 Å². The number of unbranched alkanes of at least 4 members (excludes halogenated alkanes) is 1.